The fourth-order valence-corrected chi connectivity index (χ4v) is 2.85. The number of nitrogens with zero attached hydrogens (tertiary/aromatic N) is 2. The van der Waals surface area contributed by atoms with E-state index in [1.807, 2.05) is 6.07 Å². The topological polar surface area (TPSA) is 123 Å². The maximum atomic E-state index is 12.3. The third kappa shape index (κ3) is 3.87. The number of carboxylic acids is 1. The maximum absolute atomic E-state index is 12.3. The fraction of sp³-hybridized carbons (Fsp3) is 0.375. The van der Waals surface area contributed by atoms with Crippen molar-refractivity contribution in [3.05, 3.63) is 35.9 Å². The lowest BCUT2D eigenvalue weighted by Crippen LogP contribution is -2.51. The van der Waals surface area contributed by atoms with Gasteiger partial charge >= 0.3 is 5.97 Å². The lowest BCUT2D eigenvalue weighted by molar-refractivity contribution is -0.147. The highest BCUT2D eigenvalue weighted by atomic mass is 16.4. The van der Waals surface area contributed by atoms with E-state index >= 15 is 0 Å². The van der Waals surface area contributed by atoms with Crippen LogP contribution in [-0.2, 0) is 9.59 Å². The highest BCUT2D eigenvalue weighted by molar-refractivity contribution is 5.95. The molecule has 0 spiro atoms. The predicted molar refractivity (Wildman–Crippen MR) is 88.9 cm³/mol. The molecule has 0 aliphatic carbocycles. The zero-order valence-electron chi connectivity index (χ0n) is 13.4. The second kappa shape index (κ2) is 7.20. The number of carbonyl (C=O) groups is 3. The molecule has 9 heteroatoms. The van der Waals surface area contributed by atoms with Crippen molar-refractivity contribution in [1.82, 2.24) is 20.9 Å². The number of aliphatic imine (C=N–C) groups is 1. The quantitative estimate of drug-likeness (QED) is 0.541. The van der Waals surface area contributed by atoms with Gasteiger partial charge in [-0.25, -0.2) is 9.79 Å². The third-order valence-electron chi connectivity index (χ3n) is 4.17. The van der Waals surface area contributed by atoms with Gasteiger partial charge in [0.05, 0.1) is 6.54 Å². The predicted octanol–water partition coefficient (Wildman–Crippen LogP) is -1.02. The van der Waals surface area contributed by atoms with Crippen LogP contribution < -0.4 is 16.0 Å². The van der Waals surface area contributed by atoms with E-state index in [0.29, 0.717) is 18.2 Å². The summed E-state index contributed by atoms with van der Waals surface area (Å²) in [4.78, 5) is 41.2. The van der Waals surface area contributed by atoms with Gasteiger partial charge in [-0.2, -0.15) is 0 Å². The van der Waals surface area contributed by atoms with Gasteiger partial charge in [0.15, 0.2) is 5.96 Å². The smallest absolute Gasteiger partial charge is 0.326 e. The zero-order valence-corrected chi connectivity index (χ0v) is 13.4. The molecule has 1 fully saturated rings. The molecular formula is C16H19N5O4. The Morgan fingerprint density at radius 1 is 1.28 bits per heavy atom. The van der Waals surface area contributed by atoms with Crippen LogP contribution >= 0.6 is 0 Å². The van der Waals surface area contributed by atoms with Crippen molar-refractivity contribution in [2.45, 2.75) is 18.5 Å². The van der Waals surface area contributed by atoms with Gasteiger partial charge in [0.2, 0.25) is 5.91 Å². The number of likely N-dealkylation sites (tertiary alicyclic amines) is 1. The molecule has 1 aromatic carbocycles. The summed E-state index contributed by atoms with van der Waals surface area (Å²) >= 11 is 0. The second-order valence-corrected chi connectivity index (χ2v) is 5.87. The number of hydrogen-bond donors (Lipinski definition) is 4. The van der Waals surface area contributed by atoms with Crippen LogP contribution in [0.25, 0.3) is 0 Å². The standard InChI is InChI=1S/C16H19N5O4/c22-13(7-17-16-18-9-19-16)21-8-11(6-12(21)15(24)25)20-14(23)10-4-2-1-3-5-10/h1-5,11-12H,6-9H2,(H,20,23)(H,24,25)(H2,17,18,19)/t11-,12+/m1/s1. The second-order valence-electron chi connectivity index (χ2n) is 5.87. The van der Waals surface area contributed by atoms with Crippen molar-refractivity contribution in [3.63, 3.8) is 0 Å². The molecule has 0 aromatic heterocycles. The van der Waals surface area contributed by atoms with E-state index in [2.05, 4.69) is 20.9 Å². The summed E-state index contributed by atoms with van der Waals surface area (Å²) in [6.45, 7) is 0.622. The summed E-state index contributed by atoms with van der Waals surface area (Å²) in [6.07, 6.45) is 0.179. The van der Waals surface area contributed by atoms with Gasteiger partial charge in [0.25, 0.3) is 5.91 Å². The lowest BCUT2D eigenvalue weighted by Gasteiger charge is -2.23. The van der Waals surface area contributed by atoms with Gasteiger partial charge in [0.1, 0.15) is 12.7 Å². The van der Waals surface area contributed by atoms with Crippen LogP contribution in [0.2, 0.25) is 0 Å². The molecule has 0 saturated carbocycles. The Bertz CT molecular complexity index is 706. The summed E-state index contributed by atoms with van der Waals surface area (Å²) in [5.74, 6) is -1.19. The Kier molecular flexibility index (Phi) is 4.82. The van der Waals surface area contributed by atoms with Crippen LogP contribution in [-0.4, -0.2) is 65.6 Å². The van der Waals surface area contributed by atoms with Crippen LogP contribution in [0.5, 0.6) is 0 Å². The average molecular weight is 345 g/mol. The molecule has 0 radical (unpaired) electrons. The van der Waals surface area contributed by atoms with Crippen molar-refractivity contribution in [2.24, 2.45) is 4.99 Å². The molecule has 0 bridgehead atoms. The number of carboxylic acid groups (broad SMARTS) is 1. The molecule has 2 aliphatic heterocycles. The fourth-order valence-electron chi connectivity index (χ4n) is 2.85. The van der Waals surface area contributed by atoms with E-state index in [0.717, 1.165) is 0 Å². The first kappa shape index (κ1) is 16.7. The summed E-state index contributed by atoms with van der Waals surface area (Å²) in [5, 5.41) is 17.8. The van der Waals surface area contributed by atoms with Crippen molar-refractivity contribution < 1.29 is 19.5 Å². The molecule has 2 aliphatic rings. The SMILES string of the molecule is O=C(N[C@@H]1C[C@@H](C(=O)O)N(C(=O)CNC2=NCN2)C1)c1ccccc1. The van der Waals surface area contributed by atoms with E-state index in [1.165, 1.54) is 4.90 Å². The Balaban J connectivity index is 1.60. The number of hydrogen-bond acceptors (Lipinski definition) is 6. The van der Waals surface area contributed by atoms with Crippen LogP contribution in [0.1, 0.15) is 16.8 Å². The van der Waals surface area contributed by atoms with E-state index in [9.17, 15) is 19.5 Å². The summed E-state index contributed by atoms with van der Waals surface area (Å²) in [6, 6.07) is 7.31. The first-order valence-electron chi connectivity index (χ1n) is 7.95. The van der Waals surface area contributed by atoms with Gasteiger partial charge in [0, 0.05) is 24.6 Å². The first-order valence-corrected chi connectivity index (χ1v) is 7.95. The Hall–Kier alpha value is -3.10. The number of amides is 2. The molecular weight excluding hydrogens is 326 g/mol. The summed E-state index contributed by atoms with van der Waals surface area (Å²) in [5.41, 5.74) is 0.495. The lowest BCUT2D eigenvalue weighted by atomic mass is 10.1. The largest absolute Gasteiger partial charge is 0.480 e. The zero-order chi connectivity index (χ0) is 17.8. The number of aliphatic carboxylic acids is 1. The molecule has 4 N–H and O–H groups in total. The van der Waals surface area contributed by atoms with Crippen LogP contribution in [0.3, 0.4) is 0 Å². The highest BCUT2D eigenvalue weighted by Gasteiger charge is 2.40. The van der Waals surface area contributed by atoms with Crippen molar-refractivity contribution >= 4 is 23.7 Å². The minimum atomic E-state index is -1.08. The van der Waals surface area contributed by atoms with E-state index in [1.54, 1.807) is 24.3 Å². The number of rotatable bonds is 5. The highest BCUT2D eigenvalue weighted by Crippen LogP contribution is 2.19. The van der Waals surface area contributed by atoms with Crippen LogP contribution in [0, 0.1) is 0 Å². The molecule has 132 valence electrons. The van der Waals surface area contributed by atoms with Gasteiger partial charge in [-0.15, -0.1) is 0 Å². The van der Waals surface area contributed by atoms with E-state index in [4.69, 9.17) is 0 Å². The summed E-state index contributed by atoms with van der Waals surface area (Å²) < 4.78 is 0. The minimum absolute atomic E-state index is 0.0467. The van der Waals surface area contributed by atoms with E-state index in [-0.39, 0.29) is 31.3 Å². The number of benzene rings is 1. The maximum Gasteiger partial charge on any atom is 0.326 e. The molecule has 2 amide bonds. The van der Waals surface area contributed by atoms with Gasteiger partial charge in [-0.1, -0.05) is 18.2 Å². The van der Waals surface area contributed by atoms with Gasteiger partial charge < -0.3 is 26.0 Å². The molecule has 0 unspecified atom stereocenters. The van der Waals surface area contributed by atoms with Gasteiger partial charge in [-0.3, -0.25) is 9.59 Å². The number of nitrogens with one attached hydrogen (secondary N) is 3. The number of carbonyl (C=O) groups excluding carboxylic acids is 2. The van der Waals surface area contributed by atoms with Gasteiger partial charge in [-0.05, 0) is 12.1 Å². The van der Waals surface area contributed by atoms with Crippen molar-refractivity contribution in [1.29, 1.82) is 0 Å². The molecule has 2 heterocycles. The monoisotopic (exact) mass is 345 g/mol. The Morgan fingerprint density at radius 2 is 2.00 bits per heavy atom. The van der Waals surface area contributed by atoms with Crippen molar-refractivity contribution in [2.75, 3.05) is 19.8 Å². The molecule has 1 aromatic rings. The molecule has 1 saturated heterocycles. The van der Waals surface area contributed by atoms with Crippen molar-refractivity contribution in [3.8, 4) is 0 Å². The molecule has 2 atom stereocenters. The first-order chi connectivity index (χ1) is 12.0. The minimum Gasteiger partial charge on any atom is -0.480 e. The number of guanidine groups is 1. The van der Waals surface area contributed by atoms with E-state index < -0.39 is 18.1 Å². The average Bonchev–Trinajstić information content (AvgIpc) is 2.98. The molecule has 3 rings (SSSR count). The normalized spacial score (nSPS) is 21.6. The third-order valence-corrected chi connectivity index (χ3v) is 4.17. The Labute approximate surface area is 144 Å². The van der Waals surface area contributed by atoms with Crippen LogP contribution in [0.15, 0.2) is 35.3 Å². The molecule has 25 heavy (non-hydrogen) atoms. The van der Waals surface area contributed by atoms with Crippen LogP contribution in [0.4, 0.5) is 0 Å². The summed E-state index contributed by atoms with van der Waals surface area (Å²) in [7, 11) is 0. The molecule has 9 nitrogen and oxygen atoms in total. The Morgan fingerprint density at radius 3 is 2.60 bits per heavy atom.